The van der Waals surface area contributed by atoms with Crippen LogP contribution in [0.2, 0.25) is 0 Å². The van der Waals surface area contributed by atoms with Gasteiger partial charge in [-0.15, -0.1) is 0 Å². The minimum atomic E-state index is -0.105. The molecular formula is C17H26N2O. The summed E-state index contributed by atoms with van der Waals surface area (Å²) >= 11 is 0. The SMILES string of the molecule is CC1(C)CN(c2cccc3c2CNCC3)CC(C)(C)O1. The van der Waals surface area contributed by atoms with Gasteiger partial charge in [0.25, 0.3) is 0 Å². The lowest BCUT2D eigenvalue weighted by Crippen LogP contribution is -2.57. The topological polar surface area (TPSA) is 24.5 Å². The third-order valence-electron chi connectivity index (χ3n) is 4.16. The molecule has 20 heavy (non-hydrogen) atoms. The number of hydrogen-bond acceptors (Lipinski definition) is 3. The maximum Gasteiger partial charge on any atom is 0.0808 e. The Bertz CT molecular complexity index is 492. The van der Waals surface area contributed by atoms with Crippen molar-refractivity contribution < 1.29 is 4.74 Å². The number of fused-ring (bicyclic) bond motifs is 1. The molecule has 0 aromatic heterocycles. The first-order chi connectivity index (χ1) is 9.36. The normalized spacial score (nSPS) is 24.3. The van der Waals surface area contributed by atoms with E-state index in [1.165, 1.54) is 16.8 Å². The highest BCUT2D eigenvalue weighted by molar-refractivity contribution is 5.58. The molecule has 1 saturated heterocycles. The summed E-state index contributed by atoms with van der Waals surface area (Å²) in [5.74, 6) is 0. The number of morpholine rings is 1. The Hall–Kier alpha value is -1.06. The Morgan fingerprint density at radius 2 is 1.80 bits per heavy atom. The largest absolute Gasteiger partial charge is 0.366 e. The molecular weight excluding hydrogens is 248 g/mol. The number of benzene rings is 1. The van der Waals surface area contributed by atoms with Gasteiger partial charge in [0.15, 0.2) is 0 Å². The Morgan fingerprint density at radius 3 is 2.50 bits per heavy atom. The van der Waals surface area contributed by atoms with Crippen molar-refractivity contribution in [2.75, 3.05) is 24.5 Å². The molecule has 0 unspecified atom stereocenters. The lowest BCUT2D eigenvalue weighted by molar-refractivity contribution is -0.133. The molecule has 1 N–H and O–H groups in total. The van der Waals surface area contributed by atoms with E-state index < -0.39 is 0 Å². The molecule has 2 aliphatic heterocycles. The number of ether oxygens (including phenoxy) is 1. The van der Waals surface area contributed by atoms with Crippen LogP contribution < -0.4 is 10.2 Å². The van der Waals surface area contributed by atoms with E-state index in [0.717, 1.165) is 32.6 Å². The second-order valence-electron chi connectivity index (χ2n) is 7.32. The standard InChI is InChI=1S/C17H26N2O/c1-16(2)11-19(12-17(3,4)20-16)15-7-5-6-13-8-9-18-10-14(13)15/h5-7,18H,8-12H2,1-4H3. The van der Waals surface area contributed by atoms with Crippen LogP contribution in [0.5, 0.6) is 0 Å². The summed E-state index contributed by atoms with van der Waals surface area (Å²) in [6, 6.07) is 6.74. The number of rotatable bonds is 1. The number of nitrogens with one attached hydrogen (secondary N) is 1. The average Bonchev–Trinajstić information content (AvgIpc) is 2.34. The number of anilines is 1. The summed E-state index contributed by atoms with van der Waals surface area (Å²) in [4.78, 5) is 2.51. The van der Waals surface area contributed by atoms with Crippen molar-refractivity contribution in [3.8, 4) is 0 Å². The van der Waals surface area contributed by atoms with Crippen LogP contribution in [0.15, 0.2) is 18.2 Å². The minimum Gasteiger partial charge on any atom is -0.366 e. The number of hydrogen-bond donors (Lipinski definition) is 1. The molecule has 0 amide bonds. The molecule has 110 valence electrons. The van der Waals surface area contributed by atoms with Gasteiger partial charge in [0.2, 0.25) is 0 Å². The van der Waals surface area contributed by atoms with Crippen molar-refractivity contribution in [1.29, 1.82) is 0 Å². The molecule has 0 spiro atoms. The van der Waals surface area contributed by atoms with Crippen molar-refractivity contribution >= 4 is 5.69 Å². The maximum atomic E-state index is 6.20. The molecule has 0 atom stereocenters. The van der Waals surface area contributed by atoms with Gasteiger partial charge in [0, 0.05) is 25.3 Å². The fourth-order valence-electron chi connectivity index (χ4n) is 3.75. The summed E-state index contributed by atoms with van der Waals surface area (Å²) in [6.07, 6.45) is 1.14. The fraction of sp³-hybridized carbons (Fsp3) is 0.647. The maximum absolute atomic E-state index is 6.20. The van der Waals surface area contributed by atoms with Crippen LogP contribution in [0, 0.1) is 0 Å². The minimum absolute atomic E-state index is 0.105. The third kappa shape index (κ3) is 2.70. The molecule has 2 heterocycles. The first-order valence-corrected chi connectivity index (χ1v) is 7.63. The highest BCUT2D eigenvalue weighted by Gasteiger charge is 2.38. The summed E-state index contributed by atoms with van der Waals surface area (Å²) in [5, 5.41) is 3.50. The molecule has 0 saturated carbocycles. The molecule has 0 aliphatic carbocycles. The summed E-state index contributed by atoms with van der Waals surface area (Å²) in [5.41, 5.74) is 4.16. The van der Waals surface area contributed by atoms with Gasteiger partial charge in [-0.05, 0) is 57.9 Å². The van der Waals surface area contributed by atoms with E-state index in [0.29, 0.717) is 0 Å². The van der Waals surface area contributed by atoms with Gasteiger partial charge < -0.3 is 15.0 Å². The van der Waals surface area contributed by atoms with Gasteiger partial charge in [-0.1, -0.05) is 12.1 Å². The number of nitrogens with zero attached hydrogens (tertiary/aromatic N) is 1. The van der Waals surface area contributed by atoms with Crippen molar-refractivity contribution in [3.05, 3.63) is 29.3 Å². The van der Waals surface area contributed by atoms with E-state index in [1.807, 2.05) is 0 Å². The van der Waals surface area contributed by atoms with E-state index in [9.17, 15) is 0 Å². The molecule has 1 aromatic carbocycles. The lowest BCUT2D eigenvalue weighted by Gasteiger charge is -2.48. The second-order valence-corrected chi connectivity index (χ2v) is 7.32. The van der Waals surface area contributed by atoms with E-state index >= 15 is 0 Å². The molecule has 1 aromatic rings. The van der Waals surface area contributed by atoms with E-state index in [1.54, 1.807) is 0 Å². The van der Waals surface area contributed by atoms with Crippen molar-refractivity contribution in [2.24, 2.45) is 0 Å². The monoisotopic (exact) mass is 274 g/mol. The van der Waals surface area contributed by atoms with Gasteiger partial charge in [-0.3, -0.25) is 0 Å². The molecule has 0 bridgehead atoms. The van der Waals surface area contributed by atoms with Gasteiger partial charge in [0.05, 0.1) is 11.2 Å². The van der Waals surface area contributed by atoms with Crippen LogP contribution in [0.1, 0.15) is 38.8 Å². The highest BCUT2D eigenvalue weighted by atomic mass is 16.5. The molecule has 3 heteroatoms. The Kier molecular flexibility index (Phi) is 3.30. The Morgan fingerprint density at radius 1 is 1.10 bits per heavy atom. The zero-order valence-corrected chi connectivity index (χ0v) is 13.1. The smallest absolute Gasteiger partial charge is 0.0808 e. The van der Waals surface area contributed by atoms with Crippen LogP contribution in [0.4, 0.5) is 5.69 Å². The van der Waals surface area contributed by atoms with Crippen LogP contribution >= 0.6 is 0 Å². The zero-order valence-electron chi connectivity index (χ0n) is 13.1. The van der Waals surface area contributed by atoms with E-state index in [4.69, 9.17) is 4.74 Å². The van der Waals surface area contributed by atoms with Crippen LogP contribution in [-0.4, -0.2) is 30.8 Å². The zero-order chi connectivity index (χ0) is 14.4. The molecule has 2 aliphatic rings. The average molecular weight is 274 g/mol. The molecule has 3 nitrogen and oxygen atoms in total. The van der Waals surface area contributed by atoms with Gasteiger partial charge in [-0.25, -0.2) is 0 Å². The lowest BCUT2D eigenvalue weighted by atomic mass is 9.94. The molecule has 3 rings (SSSR count). The first kappa shape index (κ1) is 13.9. The Labute approximate surface area is 122 Å². The van der Waals surface area contributed by atoms with Crippen LogP contribution in [0.25, 0.3) is 0 Å². The third-order valence-corrected chi connectivity index (χ3v) is 4.16. The fourth-order valence-corrected chi connectivity index (χ4v) is 3.75. The quantitative estimate of drug-likeness (QED) is 0.852. The molecule has 0 radical (unpaired) electrons. The predicted octanol–water partition coefficient (Wildman–Crippen LogP) is 2.73. The van der Waals surface area contributed by atoms with E-state index in [2.05, 4.69) is 56.1 Å². The van der Waals surface area contributed by atoms with Gasteiger partial charge in [0.1, 0.15) is 0 Å². The van der Waals surface area contributed by atoms with Gasteiger partial charge in [-0.2, -0.15) is 0 Å². The summed E-state index contributed by atoms with van der Waals surface area (Å²) < 4.78 is 6.20. The summed E-state index contributed by atoms with van der Waals surface area (Å²) in [7, 11) is 0. The van der Waals surface area contributed by atoms with Crippen molar-refractivity contribution in [3.63, 3.8) is 0 Å². The van der Waals surface area contributed by atoms with Crippen molar-refractivity contribution in [2.45, 2.75) is 51.9 Å². The Balaban J connectivity index is 1.96. The van der Waals surface area contributed by atoms with Crippen LogP contribution in [-0.2, 0) is 17.7 Å². The van der Waals surface area contributed by atoms with Crippen LogP contribution in [0.3, 0.4) is 0 Å². The summed E-state index contributed by atoms with van der Waals surface area (Å²) in [6.45, 7) is 12.7. The van der Waals surface area contributed by atoms with Gasteiger partial charge >= 0.3 is 0 Å². The molecule has 1 fully saturated rings. The highest BCUT2D eigenvalue weighted by Crippen LogP contribution is 2.34. The van der Waals surface area contributed by atoms with Crippen molar-refractivity contribution in [1.82, 2.24) is 5.32 Å². The first-order valence-electron chi connectivity index (χ1n) is 7.63. The second kappa shape index (κ2) is 4.74. The van der Waals surface area contributed by atoms with E-state index in [-0.39, 0.29) is 11.2 Å². The predicted molar refractivity (Wildman–Crippen MR) is 83.3 cm³/mol.